The largest absolute Gasteiger partial charge is 0.493 e. The summed E-state index contributed by atoms with van der Waals surface area (Å²) in [5.41, 5.74) is 1.99. The van der Waals surface area contributed by atoms with E-state index in [-0.39, 0.29) is 24.3 Å². The van der Waals surface area contributed by atoms with Gasteiger partial charge in [0.1, 0.15) is 5.82 Å². The number of tetrazole rings is 1. The zero-order valence-electron chi connectivity index (χ0n) is 21.6. The summed E-state index contributed by atoms with van der Waals surface area (Å²) in [6.07, 6.45) is 6.69. The first kappa shape index (κ1) is 27.3. The van der Waals surface area contributed by atoms with Crippen LogP contribution in [0.5, 0.6) is 11.5 Å². The average molecular weight is 531 g/mol. The van der Waals surface area contributed by atoms with Gasteiger partial charge in [0.2, 0.25) is 0 Å². The molecule has 8 nitrogen and oxygen atoms in total. The van der Waals surface area contributed by atoms with Gasteiger partial charge in [0.25, 0.3) is 0 Å². The van der Waals surface area contributed by atoms with Gasteiger partial charge in [-0.05, 0) is 58.7 Å². The third-order valence-corrected chi connectivity index (χ3v) is 7.58. The fourth-order valence-corrected chi connectivity index (χ4v) is 5.64. The lowest BCUT2D eigenvalue weighted by Crippen LogP contribution is -2.52. The topological polar surface area (TPSA) is 68.5 Å². The molecule has 0 radical (unpaired) electrons. The van der Waals surface area contributed by atoms with Crippen LogP contribution in [0.4, 0.5) is 4.39 Å². The monoisotopic (exact) mass is 530 g/mol. The maximum absolute atomic E-state index is 13.5. The number of methoxy groups -OCH3 is 2. The highest BCUT2D eigenvalue weighted by Crippen LogP contribution is 2.35. The summed E-state index contributed by atoms with van der Waals surface area (Å²) in [7, 11) is 3.29. The Morgan fingerprint density at radius 3 is 2.30 bits per heavy atom. The second-order valence-electron chi connectivity index (χ2n) is 9.70. The summed E-state index contributed by atoms with van der Waals surface area (Å²) < 4.78 is 26.4. The molecular weight excluding hydrogens is 495 g/mol. The molecule has 2 aliphatic rings. The molecule has 0 bridgehead atoms. The van der Waals surface area contributed by atoms with Crippen LogP contribution in [0.25, 0.3) is 0 Å². The van der Waals surface area contributed by atoms with Crippen molar-refractivity contribution < 1.29 is 13.9 Å². The van der Waals surface area contributed by atoms with E-state index in [1.807, 2.05) is 16.8 Å². The third kappa shape index (κ3) is 6.22. The Morgan fingerprint density at radius 1 is 0.919 bits per heavy atom. The molecule has 2 aromatic carbocycles. The molecule has 1 saturated carbocycles. The van der Waals surface area contributed by atoms with Crippen molar-refractivity contribution in [2.24, 2.45) is 0 Å². The number of hydrogen-bond acceptors (Lipinski definition) is 7. The van der Waals surface area contributed by atoms with Gasteiger partial charge in [-0.15, -0.1) is 17.5 Å². The molecule has 1 saturated heterocycles. The molecule has 3 aromatic rings. The number of rotatable bonds is 8. The summed E-state index contributed by atoms with van der Waals surface area (Å²) in [5, 5.41) is 12.8. The molecule has 10 heteroatoms. The molecule has 37 heavy (non-hydrogen) atoms. The molecule has 1 aliphatic carbocycles. The normalized spacial score (nSPS) is 18.2. The molecule has 0 amide bonds. The van der Waals surface area contributed by atoms with Crippen LogP contribution in [0.1, 0.15) is 55.1 Å². The average Bonchev–Trinajstić information content (AvgIpc) is 3.38. The fraction of sp³-hybridized carbons (Fsp3) is 0.519. The van der Waals surface area contributed by atoms with Gasteiger partial charge in [0.05, 0.1) is 26.8 Å². The van der Waals surface area contributed by atoms with E-state index in [2.05, 4.69) is 31.4 Å². The highest BCUT2D eigenvalue weighted by molar-refractivity contribution is 5.85. The minimum absolute atomic E-state index is 0. The first-order valence-electron chi connectivity index (χ1n) is 12.9. The lowest BCUT2D eigenvalue weighted by Gasteiger charge is -2.43. The van der Waals surface area contributed by atoms with Crippen molar-refractivity contribution in [3.8, 4) is 11.5 Å². The number of aromatic nitrogens is 4. The van der Waals surface area contributed by atoms with Crippen molar-refractivity contribution in [1.29, 1.82) is 0 Å². The van der Waals surface area contributed by atoms with Crippen LogP contribution in [0.2, 0.25) is 0 Å². The predicted molar refractivity (Wildman–Crippen MR) is 142 cm³/mol. The van der Waals surface area contributed by atoms with Gasteiger partial charge in [0.15, 0.2) is 17.3 Å². The van der Waals surface area contributed by atoms with Crippen LogP contribution in [0.15, 0.2) is 42.5 Å². The molecule has 1 atom stereocenters. The van der Waals surface area contributed by atoms with E-state index >= 15 is 0 Å². The van der Waals surface area contributed by atoms with E-state index in [4.69, 9.17) is 9.47 Å². The van der Waals surface area contributed by atoms with Crippen LogP contribution in [-0.2, 0) is 6.54 Å². The Kier molecular flexibility index (Phi) is 9.34. The Bertz CT molecular complexity index is 1130. The van der Waals surface area contributed by atoms with E-state index in [0.717, 1.165) is 43.1 Å². The maximum Gasteiger partial charge on any atom is 0.173 e. The van der Waals surface area contributed by atoms with Gasteiger partial charge in [-0.3, -0.25) is 9.80 Å². The predicted octanol–water partition coefficient (Wildman–Crippen LogP) is 4.34. The molecule has 2 fully saturated rings. The lowest BCUT2D eigenvalue weighted by molar-refractivity contribution is 0.0620. The van der Waals surface area contributed by atoms with E-state index in [9.17, 15) is 4.39 Å². The number of ether oxygens (including phenoxy) is 2. The van der Waals surface area contributed by atoms with E-state index in [0.29, 0.717) is 24.1 Å². The van der Waals surface area contributed by atoms with Gasteiger partial charge in [-0.1, -0.05) is 37.5 Å². The van der Waals surface area contributed by atoms with Crippen molar-refractivity contribution in [1.82, 2.24) is 30.0 Å². The summed E-state index contributed by atoms with van der Waals surface area (Å²) in [6, 6.07) is 13.1. The maximum atomic E-state index is 13.5. The van der Waals surface area contributed by atoms with Gasteiger partial charge < -0.3 is 9.47 Å². The second-order valence-corrected chi connectivity index (χ2v) is 9.70. The summed E-state index contributed by atoms with van der Waals surface area (Å²) in [5.74, 6) is 1.87. The minimum atomic E-state index is -0.255. The Morgan fingerprint density at radius 2 is 1.62 bits per heavy atom. The van der Waals surface area contributed by atoms with Crippen LogP contribution in [0.3, 0.4) is 0 Å². The van der Waals surface area contributed by atoms with Gasteiger partial charge in [0, 0.05) is 32.2 Å². The second kappa shape index (κ2) is 12.7. The molecule has 1 unspecified atom stereocenters. The minimum Gasteiger partial charge on any atom is -0.493 e. The molecule has 1 aromatic heterocycles. The first-order valence-corrected chi connectivity index (χ1v) is 12.9. The third-order valence-electron chi connectivity index (χ3n) is 7.58. The smallest absolute Gasteiger partial charge is 0.173 e. The Hall–Kier alpha value is -2.75. The SMILES string of the molecule is COc1ccc(C(c2nnnn2Cc2ccc(F)cc2)N2CCN(C3CCCCC3)CC2)cc1OC.Cl. The highest BCUT2D eigenvalue weighted by Gasteiger charge is 2.33. The molecular formula is C27H36ClFN6O2. The van der Waals surface area contributed by atoms with Gasteiger partial charge in [-0.2, -0.15) is 0 Å². The lowest BCUT2D eigenvalue weighted by atomic mass is 9.93. The van der Waals surface area contributed by atoms with Crippen molar-refractivity contribution in [2.45, 2.75) is 50.7 Å². The van der Waals surface area contributed by atoms with E-state index in [1.54, 1.807) is 26.4 Å². The summed E-state index contributed by atoms with van der Waals surface area (Å²) in [4.78, 5) is 5.14. The number of halogens is 2. The molecule has 200 valence electrons. The van der Waals surface area contributed by atoms with Crippen LogP contribution < -0.4 is 9.47 Å². The van der Waals surface area contributed by atoms with Crippen molar-refractivity contribution in [2.75, 3.05) is 40.4 Å². The zero-order chi connectivity index (χ0) is 24.9. The number of nitrogens with zero attached hydrogens (tertiary/aromatic N) is 6. The van der Waals surface area contributed by atoms with Crippen molar-refractivity contribution >= 4 is 12.4 Å². The number of hydrogen-bond donors (Lipinski definition) is 0. The summed E-state index contributed by atoms with van der Waals surface area (Å²) in [6.45, 7) is 4.40. The fourth-order valence-electron chi connectivity index (χ4n) is 5.64. The van der Waals surface area contributed by atoms with Gasteiger partial charge >= 0.3 is 0 Å². The van der Waals surface area contributed by atoms with E-state index < -0.39 is 0 Å². The zero-order valence-corrected chi connectivity index (χ0v) is 22.4. The van der Waals surface area contributed by atoms with Crippen molar-refractivity contribution in [3.63, 3.8) is 0 Å². The van der Waals surface area contributed by atoms with Crippen LogP contribution in [0, 0.1) is 5.82 Å². The van der Waals surface area contributed by atoms with Gasteiger partial charge in [-0.25, -0.2) is 9.07 Å². The molecule has 0 spiro atoms. The quantitative estimate of drug-likeness (QED) is 0.429. The number of piperazine rings is 1. The molecule has 5 rings (SSSR count). The van der Waals surface area contributed by atoms with E-state index in [1.165, 1.54) is 44.2 Å². The molecule has 1 aliphatic heterocycles. The first-order chi connectivity index (χ1) is 17.7. The number of benzene rings is 2. The summed E-state index contributed by atoms with van der Waals surface area (Å²) >= 11 is 0. The Balaban J connectivity index is 0.00000320. The van der Waals surface area contributed by atoms with Crippen LogP contribution >= 0.6 is 12.4 Å². The van der Waals surface area contributed by atoms with Crippen molar-refractivity contribution in [3.05, 3.63) is 65.2 Å². The molecule has 2 heterocycles. The highest BCUT2D eigenvalue weighted by atomic mass is 35.5. The molecule has 0 N–H and O–H groups in total. The van der Waals surface area contributed by atoms with Crippen LogP contribution in [-0.4, -0.2) is 76.4 Å². The standard InChI is InChI=1S/C27H35FN6O2.ClH/c1-35-24-13-10-21(18-25(24)36-2)26(33-16-14-32(15-17-33)23-6-4-3-5-7-23)27-29-30-31-34(27)19-20-8-11-22(28)12-9-20;/h8-13,18,23,26H,3-7,14-17,19H2,1-2H3;1H. The Labute approximate surface area is 224 Å².